The second-order valence-corrected chi connectivity index (χ2v) is 14.3. The van der Waals surface area contributed by atoms with Gasteiger partial charge >= 0.3 is 11.9 Å². The van der Waals surface area contributed by atoms with E-state index in [0.29, 0.717) is 54.3 Å². The van der Waals surface area contributed by atoms with Crippen molar-refractivity contribution in [1.82, 2.24) is 15.2 Å². The number of rotatable bonds is 18. The quantitative estimate of drug-likeness (QED) is 0.0823. The summed E-state index contributed by atoms with van der Waals surface area (Å²) in [6.07, 6.45) is 3.92. The molecule has 4 aromatic rings. The molecule has 0 bridgehead atoms. The second kappa shape index (κ2) is 17.9. The lowest BCUT2D eigenvalue weighted by Crippen LogP contribution is -2.52. The largest absolute Gasteiger partial charge is 0.493 e. The molecule has 13 nitrogen and oxygen atoms in total. The molecular formula is C41H45ClN4O9. The minimum atomic E-state index is -1.69. The summed E-state index contributed by atoms with van der Waals surface area (Å²) < 4.78 is 18.6. The van der Waals surface area contributed by atoms with E-state index in [9.17, 15) is 35.3 Å². The fourth-order valence-corrected chi connectivity index (χ4v) is 6.53. The lowest BCUT2D eigenvalue weighted by Gasteiger charge is -2.25. The number of carboxylic acid groups (broad SMARTS) is 2. The van der Waals surface area contributed by atoms with Crippen LogP contribution in [0.2, 0.25) is 5.02 Å². The number of halogens is 1. The Morgan fingerprint density at radius 3 is 2.40 bits per heavy atom. The zero-order valence-electron chi connectivity index (χ0n) is 31.0. The van der Waals surface area contributed by atoms with E-state index in [1.54, 1.807) is 24.4 Å². The summed E-state index contributed by atoms with van der Waals surface area (Å²) in [6.45, 7) is 6.69. The number of aliphatic hydroxyl groups is 2. The number of likely N-dealkylation sites (tertiary alicyclic amines) is 1. The van der Waals surface area contributed by atoms with Crippen LogP contribution in [0, 0.1) is 25.2 Å². The first kappa shape index (κ1) is 40.9. The summed E-state index contributed by atoms with van der Waals surface area (Å²) in [5, 5.41) is 51.3. The first-order valence-corrected chi connectivity index (χ1v) is 18.2. The van der Waals surface area contributed by atoms with Gasteiger partial charge in [-0.05, 0) is 73.2 Å². The highest BCUT2D eigenvalue weighted by atomic mass is 35.5. The Morgan fingerprint density at radius 1 is 0.982 bits per heavy atom. The number of carbonyl (C=O) groups is 2. The summed E-state index contributed by atoms with van der Waals surface area (Å²) in [5.74, 6) is -0.962. The predicted octanol–water partition coefficient (Wildman–Crippen LogP) is 5.26. The maximum absolute atomic E-state index is 11.8. The Bertz CT molecular complexity index is 2070. The summed E-state index contributed by atoms with van der Waals surface area (Å²) in [6, 6.07) is 18.8. The van der Waals surface area contributed by atoms with Crippen LogP contribution in [-0.4, -0.2) is 86.2 Å². The van der Waals surface area contributed by atoms with E-state index < -0.39 is 29.7 Å². The van der Waals surface area contributed by atoms with Crippen LogP contribution in [0.15, 0.2) is 67.0 Å². The molecular weight excluding hydrogens is 728 g/mol. The molecule has 290 valence electrons. The van der Waals surface area contributed by atoms with Gasteiger partial charge in [-0.25, -0.2) is 4.79 Å². The standard InChI is InChI=1S/C41H45ClN4O9/c1-26-30(7-4-8-32(26)33-9-5-10-35(27(33)2)53-14-6-12-46-13-11-41(52,24-46)39(50)51)23-55-37-17-36(54-22-29-15-28(18-43)19-44-20-29)31(16-34(37)42)21-45-40(3,25-47)38(48)49/h4-5,7-10,15-17,19-20,45,47,52H,6,11-14,21-25H2,1-3H3,(H,48,49)(H,50,51)/t40-,41?/m1/s1. The number of hydrogen-bond donors (Lipinski definition) is 5. The van der Waals surface area contributed by atoms with Gasteiger partial charge in [-0.2, -0.15) is 5.26 Å². The van der Waals surface area contributed by atoms with Crippen LogP contribution in [-0.2, 0) is 29.3 Å². The first-order chi connectivity index (χ1) is 26.3. The first-order valence-electron chi connectivity index (χ1n) is 17.8. The van der Waals surface area contributed by atoms with Crippen LogP contribution < -0.4 is 19.5 Å². The molecule has 1 aromatic heterocycles. The van der Waals surface area contributed by atoms with Gasteiger partial charge in [-0.15, -0.1) is 0 Å². The third-order valence-electron chi connectivity index (χ3n) is 9.90. The van der Waals surface area contributed by atoms with Crippen molar-refractivity contribution in [3.63, 3.8) is 0 Å². The fraction of sp³-hybridized carbons (Fsp3) is 0.366. The van der Waals surface area contributed by atoms with E-state index in [1.165, 1.54) is 13.1 Å². The minimum absolute atomic E-state index is 0.00798. The highest BCUT2D eigenvalue weighted by Crippen LogP contribution is 2.36. The number of aromatic nitrogens is 1. The smallest absolute Gasteiger partial charge is 0.337 e. The molecule has 3 aromatic carbocycles. The van der Waals surface area contributed by atoms with E-state index in [-0.39, 0.29) is 37.7 Å². The Morgan fingerprint density at radius 2 is 1.71 bits per heavy atom. The molecule has 55 heavy (non-hydrogen) atoms. The van der Waals surface area contributed by atoms with Crippen LogP contribution >= 0.6 is 11.6 Å². The van der Waals surface area contributed by atoms with Gasteiger partial charge in [-0.1, -0.05) is 41.9 Å². The molecule has 1 aliphatic heterocycles. The van der Waals surface area contributed by atoms with Crippen molar-refractivity contribution < 1.29 is 44.2 Å². The van der Waals surface area contributed by atoms with Crippen LogP contribution in [0.5, 0.6) is 17.2 Å². The van der Waals surface area contributed by atoms with Crippen LogP contribution in [0.1, 0.15) is 53.1 Å². The number of nitrogens with zero attached hydrogens (tertiary/aromatic N) is 3. The van der Waals surface area contributed by atoms with Crippen LogP contribution in [0.3, 0.4) is 0 Å². The molecule has 1 aliphatic rings. The molecule has 1 saturated heterocycles. The van der Waals surface area contributed by atoms with Crippen LogP contribution in [0.4, 0.5) is 0 Å². The summed E-state index contributed by atoms with van der Waals surface area (Å²) in [5.41, 5.74) is 3.15. The Balaban J connectivity index is 1.30. The predicted molar refractivity (Wildman–Crippen MR) is 204 cm³/mol. The SMILES string of the molecule is Cc1c(COc2cc(OCc3cncc(C#N)c3)c(CN[C@](C)(CO)C(=O)O)cc2Cl)cccc1-c1cccc(OCCCN2CCC(O)(C(=O)O)C2)c1C. The number of aliphatic hydroxyl groups excluding tert-OH is 1. The molecule has 0 amide bonds. The van der Waals surface area contributed by atoms with Gasteiger partial charge < -0.3 is 34.6 Å². The van der Waals surface area contributed by atoms with Crippen molar-refractivity contribution in [3.8, 4) is 34.4 Å². The number of carboxylic acids is 2. The minimum Gasteiger partial charge on any atom is -0.493 e. The molecule has 5 N–H and O–H groups in total. The number of aliphatic carboxylic acids is 2. The Kier molecular flexibility index (Phi) is 13.4. The van der Waals surface area contributed by atoms with Gasteiger partial charge in [0.2, 0.25) is 0 Å². The van der Waals surface area contributed by atoms with Crippen molar-refractivity contribution in [1.29, 1.82) is 5.26 Å². The van der Waals surface area contributed by atoms with Crippen molar-refractivity contribution in [3.05, 3.63) is 105 Å². The van der Waals surface area contributed by atoms with E-state index >= 15 is 0 Å². The molecule has 0 aliphatic carbocycles. The summed E-state index contributed by atoms with van der Waals surface area (Å²) in [7, 11) is 0. The van der Waals surface area contributed by atoms with Crippen molar-refractivity contribution in [2.24, 2.45) is 0 Å². The van der Waals surface area contributed by atoms with Crippen molar-refractivity contribution >= 4 is 23.5 Å². The Labute approximate surface area is 324 Å². The number of hydrogen-bond acceptors (Lipinski definition) is 11. The fourth-order valence-electron chi connectivity index (χ4n) is 6.29. The summed E-state index contributed by atoms with van der Waals surface area (Å²) in [4.78, 5) is 29.2. The normalized spacial score (nSPS) is 16.6. The Hall–Kier alpha value is -5.23. The maximum atomic E-state index is 11.8. The number of nitrogens with one attached hydrogen (secondary N) is 1. The maximum Gasteiger partial charge on any atom is 0.337 e. The van der Waals surface area contributed by atoms with Gasteiger partial charge in [0.15, 0.2) is 5.60 Å². The lowest BCUT2D eigenvalue weighted by atomic mass is 9.93. The van der Waals surface area contributed by atoms with E-state index in [4.69, 9.17) is 25.8 Å². The van der Waals surface area contributed by atoms with Gasteiger partial charge in [0, 0.05) is 62.2 Å². The zero-order chi connectivity index (χ0) is 39.8. The number of benzene rings is 3. The number of pyridine rings is 1. The van der Waals surface area contributed by atoms with Gasteiger partial charge in [0.1, 0.15) is 42.1 Å². The average Bonchev–Trinajstić information content (AvgIpc) is 3.57. The third-order valence-corrected chi connectivity index (χ3v) is 10.2. The van der Waals surface area contributed by atoms with Gasteiger partial charge in [-0.3, -0.25) is 20.0 Å². The lowest BCUT2D eigenvalue weighted by molar-refractivity contribution is -0.157. The molecule has 1 unspecified atom stereocenters. The number of β-amino-alcohol motifs (C(OH)–C–C–N with tert-alkyl or cyclic N) is 1. The zero-order valence-corrected chi connectivity index (χ0v) is 31.7. The molecule has 2 heterocycles. The third kappa shape index (κ3) is 9.91. The molecule has 0 saturated carbocycles. The van der Waals surface area contributed by atoms with E-state index in [0.717, 1.165) is 33.6 Å². The van der Waals surface area contributed by atoms with Gasteiger partial charge in [0.25, 0.3) is 0 Å². The second-order valence-electron chi connectivity index (χ2n) is 13.9. The highest BCUT2D eigenvalue weighted by Gasteiger charge is 2.42. The number of nitriles is 1. The molecule has 5 rings (SSSR count). The monoisotopic (exact) mass is 772 g/mol. The molecule has 0 radical (unpaired) electrons. The van der Waals surface area contributed by atoms with Gasteiger partial charge in [0.05, 0.1) is 23.8 Å². The molecule has 0 spiro atoms. The van der Waals surface area contributed by atoms with E-state index in [2.05, 4.69) is 16.4 Å². The molecule has 1 fully saturated rings. The summed E-state index contributed by atoms with van der Waals surface area (Å²) >= 11 is 6.72. The number of ether oxygens (including phenoxy) is 3. The molecule has 14 heteroatoms. The molecule has 2 atom stereocenters. The van der Waals surface area contributed by atoms with Crippen molar-refractivity contribution in [2.45, 2.75) is 64.5 Å². The van der Waals surface area contributed by atoms with E-state index in [1.807, 2.05) is 55.1 Å². The van der Waals surface area contributed by atoms with Crippen LogP contribution in [0.25, 0.3) is 11.1 Å². The van der Waals surface area contributed by atoms with Crippen molar-refractivity contribution in [2.75, 3.05) is 32.8 Å². The average molecular weight is 773 g/mol. The highest BCUT2D eigenvalue weighted by molar-refractivity contribution is 6.32. The topological polar surface area (TPSA) is 195 Å².